The van der Waals surface area contributed by atoms with Crippen molar-refractivity contribution in [3.63, 3.8) is 0 Å². The van der Waals surface area contributed by atoms with Crippen molar-refractivity contribution < 1.29 is 17.9 Å². The summed E-state index contributed by atoms with van der Waals surface area (Å²) in [6, 6.07) is 15.1. The molecular formula is C26H37NO4S. The van der Waals surface area contributed by atoms with E-state index >= 15 is 0 Å². The second-order valence-corrected chi connectivity index (χ2v) is 10.8. The normalized spacial score (nSPS) is 13.5. The van der Waals surface area contributed by atoms with E-state index in [0.717, 1.165) is 35.5 Å². The lowest BCUT2D eigenvalue weighted by Gasteiger charge is -2.35. The van der Waals surface area contributed by atoms with Crippen LogP contribution in [0.3, 0.4) is 0 Å². The Bertz CT molecular complexity index is 889. The SMILES string of the molecule is C=CCC[C@@](C)(CCCC)S(=O)(=O)N(Cc1ccc(OC)cc1)Cc1ccc(OC)cc1. The minimum absolute atomic E-state index is 0.300. The average molecular weight is 460 g/mol. The zero-order valence-electron chi connectivity index (χ0n) is 19.8. The highest BCUT2D eigenvalue weighted by Gasteiger charge is 2.42. The monoisotopic (exact) mass is 459 g/mol. The fourth-order valence-corrected chi connectivity index (χ4v) is 5.79. The summed E-state index contributed by atoms with van der Waals surface area (Å²) in [4.78, 5) is 0. The minimum atomic E-state index is -3.61. The van der Waals surface area contributed by atoms with E-state index in [1.165, 1.54) is 0 Å². The summed E-state index contributed by atoms with van der Waals surface area (Å²) in [6.07, 6.45) is 5.47. The van der Waals surface area contributed by atoms with E-state index in [-0.39, 0.29) is 0 Å². The first kappa shape index (κ1) is 25.9. The van der Waals surface area contributed by atoms with Crippen LogP contribution in [-0.2, 0) is 23.1 Å². The maximum absolute atomic E-state index is 14.1. The van der Waals surface area contributed by atoms with Gasteiger partial charge in [-0.1, -0.05) is 50.1 Å². The van der Waals surface area contributed by atoms with Crippen LogP contribution >= 0.6 is 0 Å². The third-order valence-electron chi connectivity index (χ3n) is 5.94. The van der Waals surface area contributed by atoms with Gasteiger partial charge in [0.25, 0.3) is 0 Å². The van der Waals surface area contributed by atoms with Gasteiger partial charge in [0.05, 0.1) is 19.0 Å². The van der Waals surface area contributed by atoms with Crippen LogP contribution in [0.15, 0.2) is 61.2 Å². The molecule has 0 fully saturated rings. The molecule has 5 nitrogen and oxygen atoms in total. The molecule has 1 atom stereocenters. The molecule has 0 saturated carbocycles. The lowest BCUT2D eigenvalue weighted by Crippen LogP contribution is -2.46. The molecule has 0 aliphatic heterocycles. The van der Waals surface area contributed by atoms with E-state index in [1.54, 1.807) is 24.6 Å². The molecule has 0 aromatic heterocycles. The Morgan fingerprint density at radius 1 is 0.906 bits per heavy atom. The Morgan fingerprint density at radius 2 is 1.38 bits per heavy atom. The summed E-state index contributed by atoms with van der Waals surface area (Å²) in [6.45, 7) is 8.38. The van der Waals surface area contributed by atoms with Gasteiger partial charge in [0.15, 0.2) is 0 Å². The summed E-state index contributed by atoms with van der Waals surface area (Å²) in [7, 11) is -0.373. The van der Waals surface area contributed by atoms with E-state index in [1.807, 2.05) is 55.5 Å². The first-order valence-corrected chi connectivity index (χ1v) is 12.6. The van der Waals surface area contributed by atoms with Crippen molar-refractivity contribution in [2.24, 2.45) is 0 Å². The molecule has 2 rings (SSSR count). The summed E-state index contributed by atoms with van der Waals surface area (Å²) in [5.74, 6) is 1.49. The fourth-order valence-electron chi connectivity index (χ4n) is 3.75. The fraction of sp³-hybridized carbons (Fsp3) is 0.462. The molecule has 0 saturated heterocycles. The molecule has 176 valence electrons. The lowest BCUT2D eigenvalue weighted by molar-refractivity contribution is 0.360. The number of unbranched alkanes of at least 4 members (excludes halogenated alkanes) is 1. The largest absolute Gasteiger partial charge is 0.497 e. The third kappa shape index (κ3) is 6.59. The van der Waals surface area contributed by atoms with Gasteiger partial charge in [-0.25, -0.2) is 8.42 Å². The van der Waals surface area contributed by atoms with Gasteiger partial charge in [-0.05, 0) is 61.6 Å². The molecule has 0 radical (unpaired) electrons. The molecule has 0 N–H and O–H groups in total. The number of rotatable bonds is 14. The van der Waals surface area contributed by atoms with Gasteiger partial charge in [0.2, 0.25) is 10.0 Å². The van der Waals surface area contributed by atoms with Gasteiger partial charge >= 0.3 is 0 Å². The van der Waals surface area contributed by atoms with Crippen LogP contribution in [0.1, 0.15) is 57.1 Å². The number of ether oxygens (including phenoxy) is 2. The van der Waals surface area contributed by atoms with Gasteiger partial charge in [0.1, 0.15) is 11.5 Å². The molecular weight excluding hydrogens is 422 g/mol. The highest BCUT2D eigenvalue weighted by atomic mass is 32.2. The second-order valence-electron chi connectivity index (χ2n) is 8.35. The molecule has 2 aromatic rings. The molecule has 0 spiro atoms. The van der Waals surface area contributed by atoms with Crippen LogP contribution in [0, 0.1) is 0 Å². The molecule has 0 amide bonds. The predicted molar refractivity (Wildman–Crippen MR) is 132 cm³/mol. The van der Waals surface area contributed by atoms with Gasteiger partial charge in [0, 0.05) is 13.1 Å². The quantitative estimate of drug-likeness (QED) is 0.328. The van der Waals surface area contributed by atoms with Crippen molar-refractivity contribution in [1.82, 2.24) is 4.31 Å². The van der Waals surface area contributed by atoms with E-state index in [2.05, 4.69) is 13.5 Å². The average Bonchev–Trinajstić information content (AvgIpc) is 2.81. The zero-order chi connectivity index (χ0) is 23.6. The molecule has 0 aliphatic rings. The van der Waals surface area contributed by atoms with Gasteiger partial charge in [-0.15, -0.1) is 6.58 Å². The standard InChI is InChI=1S/C26H37NO4S/c1-6-8-18-26(3,19-9-7-2)32(28,29)27(20-22-10-14-24(30-4)15-11-22)21-23-12-16-25(31-5)17-13-23/h6,10-17H,1,7-9,18-21H2,2-5H3/t26-/m0/s1. The van der Waals surface area contributed by atoms with Crippen molar-refractivity contribution in [3.8, 4) is 11.5 Å². The number of hydrogen-bond donors (Lipinski definition) is 0. The van der Waals surface area contributed by atoms with Crippen molar-refractivity contribution in [2.45, 2.75) is 63.8 Å². The van der Waals surface area contributed by atoms with Gasteiger partial charge in [-0.2, -0.15) is 4.31 Å². The zero-order valence-corrected chi connectivity index (χ0v) is 20.7. The Balaban J connectivity index is 2.42. The van der Waals surface area contributed by atoms with Crippen molar-refractivity contribution in [3.05, 3.63) is 72.3 Å². The number of hydrogen-bond acceptors (Lipinski definition) is 4. The first-order chi connectivity index (χ1) is 15.3. The van der Waals surface area contributed by atoms with Crippen molar-refractivity contribution in [2.75, 3.05) is 14.2 Å². The maximum Gasteiger partial charge on any atom is 0.220 e. The second kappa shape index (κ2) is 12.1. The predicted octanol–water partition coefficient (Wildman–Crippen LogP) is 5.95. The Kier molecular flexibility index (Phi) is 9.79. The van der Waals surface area contributed by atoms with Crippen LogP contribution in [-0.4, -0.2) is 31.7 Å². The van der Waals surface area contributed by atoms with Crippen LogP contribution in [0.2, 0.25) is 0 Å². The molecule has 0 aliphatic carbocycles. The van der Waals surface area contributed by atoms with E-state index < -0.39 is 14.8 Å². The van der Waals surface area contributed by atoms with Crippen LogP contribution in [0.25, 0.3) is 0 Å². The first-order valence-electron chi connectivity index (χ1n) is 11.2. The Morgan fingerprint density at radius 3 is 1.75 bits per heavy atom. The van der Waals surface area contributed by atoms with Crippen LogP contribution < -0.4 is 9.47 Å². The summed E-state index contributed by atoms with van der Waals surface area (Å²) in [5, 5.41) is 0. The van der Waals surface area contributed by atoms with Gasteiger partial charge in [-0.3, -0.25) is 0 Å². The maximum atomic E-state index is 14.1. The summed E-state index contributed by atoms with van der Waals surface area (Å²) >= 11 is 0. The topological polar surface area (TPSA) is 55.8 Å². The van der Waals surface area contributed by atoms with Gasteiger partial charge < -0.3 is 9.47 Å². The van der Waals surface area contributed by atoms with E-state index in [0.29, 0.717) is 32.4 Å². The Hall–Kier alpha value is -2.31. The molecule has 0 unspecified atom stereocenters. The van der Waals surface area contributed by atoms with Crippen molar-refractivity contribution >= 4 is 10.0 Å². The minimum Gasteiger partial charge on any atom is -0.497 e. The van der Waals surface area contributed by atoms with E-state index in [9.17, 15) is 8.42 Å². The molecule has 0 bridgehead atoms. The molecule has 32 heavy (non-hydrogen) atoms. The smallest absolute Gasteiger partial charge is 0.220 e. The highest BCUT2D eigenvalue weighted by Crippen LogP contribution is 2.34. The Labute approximate surface area is 194 Å². The molecule has 2 aromatic carbocycles. The molecule has 0 heterocycles. The molecule has 6 heteroatoms. The number of sulfonamides is 1. The highest BCUT2D eigenvalue weighted by molar-refractivity contribution is 7.90. The number of benzene rings is 2. The third-order valence-corrected chi connectivity index (χ3v) is 8.53. The number of allylic oxidation sites excluding steroid dienone is 1. The number of nitrogens with zero attached hydrogens (tertiary/aromatic N) is 1. The lowest BCUT2D eigenvalue weighted by atomic mass is 9.98. The van der Waals surface area contributed by atoms with Crippen LogP contribution in [0.4, 0.5) is 0 Å². The van der Waals surface area contributed by atoms with Crippen molar-refractivity contribution in [1.29, 1.82) is 0 Å². The van der Waals surface area contributed by atoms with Crippen LogP contribution in [0.5, 0.6) is 11.5 Å². The summed E-state index contributed by atoms with van der Waals surface area (Å²) in [5.41, 5.74) is 1.84. The number of methoxy groups -OCH3 is 2. The van der Waals surface area contributed by atoms with E-state index in [4.69, 9.17) is 9.47 Å². The summed E-state index contributed by atoms with van der Waals surface area (Å²) < 4.78 is 39.4.